The zero-order valence-electron chi connectivity index (χ0n) is 11.4. The van der Waals surface area contributed by atoms with E-state index in [1.54, 1.807) is 19.1 Å². The number of likely N-dealkylation sites (N-methyl/N-ethyl adjacent to an activating group) is 1. The maximum Gasteiger partial charge on any atom is 0.307 e. The molecule has 3 atom stereocenters. The zero-order chi connectivity index (χ0) is 13.7. The summed E-state index contributed by atoms with van der Waals surface area (Å²) in [5.74, 6) is -1.43. The Bertz CT molecular complexity index is 305. The molecule has 1 saturated carbocycles. The summed E-state index contributed by atoms with van der Waals surface area (Å²) in [6, 6.07) is 0. The highest BCUT2D eigenvalue weighted by Crippen LogP contribution is 2.39. The maximum atomic E-state index is 12.2. The van der Waals surface area contributed by atoms with Crippen molar-refractivity contribution in [2.75, 3.05) is 27.3 Å². The molecular formula is C13H23NO4. The molecule has 0 aromatic rings. The molecule has 1 amide bonds. The summed E-state index contributed by atoms with van der Waals surface area (Å²) in [5.41, 5.74) is 0. The molecule has 0 heterocycles. The van der Waals surface area contributed by atoms with Crippen molar-refractivity contribution in [2.24, 2.45) is 17.8 Å². The summed E-state index contributed by atoms with van der Waals surface area (Å²) in [6.45, 7) is 3.03. The molecule has 1 N–H and O–H groups in total. The van der Waals surface area contributed by atoms with Crippen LogP contribution in [0.2, 0.25) is 0 Å². The van der Waals surface area contributed by atoms with Crippen LogP contribution in [0.4, 0.5) is 0 Å². The van der Waals surface area contributed by atoms with Crippen LogP contribution in [0.25, 0.3) is 0 Å². The third kappa shape index (κ3) is 3.45. The highest BCUT2D eigenvalue weighted by Gasteiger charge is 2.42. The van der Waals surface area contributed by atoms with Crippen LogP contribution in [0.1, 0.15) is 26.2 Å². The summed E-state index contributed by atoms with van der Waals surface area (Å²) in [4.78, 5) is 25.0. The Morgan fingerprint density at radius 2 is 1.94 bits per heavy atom. The van der Waals surface area contributed by atoms with E-state index in [-0.39, 0.29) is 11.8 Å². The number of ether oxygens (including phenoxy) is 1. The van der Waals surface area contributed by atoms with E-state index in [0.29, 0.717) is 31.9 Å². The predicted octanol–water partition coefficient (Wildman–Crippen LogP) is 1.23. The smallest absolute Gasteiger partial charge is 0.307 e. The average Bonchev–Trinajstić information content (AvgIpc) is 2.79. The van der Waals surface area contributed by atoms with Gasteiger partial charge < -0.3 is 14.7 Å². The third-order valence-electron chi connectivity index (χ3n) is 3.88. The zero-order valence-corrected chi connectivity index (χ0v) is 11.4. The van der Waals surface area contributed by atoms with E-state index in [4.69, 9.17) is 4.74 Å². The Morgan fingerprint density at radius 1 is 1.33 bits per heavy atom. The molecule has 0 aromatic carbocycles. The maximum absolute atomic E-state index is 12.2. The Balaban J connectivity index is 2.67. The Hall–Kier alpha value is -1.10. The Kier molecular flexibility index (Phi) is 5.59. The van der Waals surface area contributed by atoms with Crippen molar-refractivity contribution in [2.45, 2.75) is 26.2 Å². The molecule has 0 aliphatic heterocycles. The van der Waals surface area contributed by atoms with Crippen LogP contribution in [0.15, 0.2) is 0 Å². The molecule has 0 aromatic heterocycles. The van der Waals surface area contributed by atoms with Gasteiger partial charge in [-0.2, -0.15) is 0 Å². The lowest BCUT2D eigenvalue weighted by Gasteiger charge is -2.23. The molecule has 0 radical (unpaired) electrons. The van der Waals surface area contributed by atoms with Gasteiger partial charge in [-0.15, -0.1) is 0 Å². The summed E-state index contributed by atoms with van der Waals surface area (Å²) >= 11 is 0. The molecule has 18 heavy (non-hydrogen) atoms. The van der Waals surface area contributed by atoms with Gasteiger partial charge in [0.05, 0.1) is 18.4 Å². The fourth-order valence-corrected chi connectivity index (χ4v) is 2.64. The molecule has 1 aliphatic carbocycles. The van der Waals surface area contributed by atoms with Gasteiger partial charge >= 0.3 is 5.97 Å². The molecule has 5 nitrogen and oxygen atoms in total. The fraction of sp³-hybridized carbons (Fsp3) is 0.846. The molecule has 104 valence electrons. The molecule has 5 heteroatoms. The topological polar surface area (TPSA) is 66.8 Å². The summed E-state index contributed by atoms with van der Waals surface area (Å²) in [7, 11) is 3.29. The lowest BCUT2D eigenvalue weighted by atomic mass is 9.95. The number of carboxylic acid groups (broad SMARTS) is 1. The highest BCUT2D eigenvalue weighted by molar-refractivity contribution is 5.85. The first-order valence-electron chi connectivity index (χ1n) is 6.47. The van der Waals surface area contributed by atoms with Crippen molar-refractivity contribution in [1.82, 2.24) is 4.90 Å². The van der Waals surface area contributed by atoms with E-state index in [9.17, 15) is 14.7 Å². The highest BCUT2D eigenvalue weighted by atomic mass is 16.5. The van der Waals surface area contributed by atoms with Crippen LogP contribution in [-0.2, 0) is 14.3 Å². The van der Waals surface area contributed by atoms with Gasteiger partial charge in [-0.1, -0.05) is 13.3 Å². The van der Waals surface area contributed by atoms with Gasteiger partial charge in [0.2, 0.25) is 5.91 Å². The van der Waals surface area contributed by atoms with Gasteiger partial charge in [0.1, 0.15) is 0 Å². The summed E-state index contributed by atoms with van der Waals surface area (Å²) in [5, 5.41) is 9.21. The molecule has 1 aliphatic rings. The average molecular weight is 257 g/mol. The van der Waals surface area contributed by atoms with Crippen LogP contribution in [0.5, 0.6) is 0 Å². The largest absolute Gasteiger partial charge is 0.481 e. The first kappa shape index (κ1) is 15.0. The number of aliphatic carboxylic acids is 1. The van der Waals surface area contributed by atoms with Gasteiger partial charge in [0.25, 0.3) is 0 Å². The number of carboxylic acids is 1. The third-order valence-corrected chi connectivity index (χ3v) is 3.88. The van der Waals surface area contributed by atoms with Crippen LogP contribution in [-0.4, -0.2) is 49.2 Å². The van der Waals surface area contributed by atoms with Gasteiger partial charge in [-0.3, -0.25) is 9.59 Å². The van der Waals surface area contributed by atoms with E-state index >= 15 is 0 Å². The number of hydrogen-bond acceptors (Lipinski definition) is 3. The van der Waals surface area contributed by atoms with Crippen molar-refractivity contribution in [3.8, 4) is 0 Å². The molecule has 1 fully saturated rings. The van der Waals surface area contributed by atoms with E-state index < -0.39 is 11.9 Å². The van der Waals surface area contributed by atoms with E-state index in [0.717, 1.165) is 6.42 Å². The normalized spacial score (nSPS) is 27.2. The van der Waals surface area contributed by atoms with Crippen molar-refractivity contribution in [3.63, 3.8) is 0 Å². The van der Waals surface area contributed by atoms with Crippen LogP contribution in [0, 0.1) is 17.8 Å². The number of amides is 1. The predicted molar refractivity (Wildman–Crippen MR) is 67.1 cm³/mol. The Morgan fingerprint density at radius 3 is 2.44 bits per heavy atom. The molecule has 0 saturated heterocycles. The van der Waals surface area contributed by atoms with E-state index in [1.807, 2.05) is 6.92 Å². The van der Waals surface area contributed by atoms with Crippen LogP contribution in [0.3, 0.4) is 0 Å². The lowest BCUT2D eigenvalue weighted by molar-refractivity contribution is -0.148. The van der Waals surface area contributed by atoms with E-state index in [1.165, 1.54) is 0 Å². The van der Waals surface area contributed by atoms with Crippen molar-refractivity contribution in [1.29, 1.82) is 0 Å². The minimum Gasteiger partial charge on any atom is -0.481 e. The van der Waals surface area contributed by atoms with Crippen LogP contribution >= 0.6 is 0 Å². The number of carbonyl (C=O) groups excluding carboxylic acids is 1. The number of hydrogen-bond donors (Lipinski definition) is 1. The second-order valence-electron chi connectivity index (χ2n) is 5.05. The van der Waals surface area contributed by atoms with Crippen molar-refractivity contribution < 1.29 is 19.4 Å². The standard InChI is InChI=1S/C13H23NO4/c1-4-9-7-10(11(8-9)13(16)17)12(15)14(2)5-6-18-3/h9-11H,4-8H2,1-3H3,(H,16,17)/t9?,10-,11+/m0/s1. The first-order chi connectivity index (χ1) is 8.51. The second kappa shape index (κ2) is 6.73. The minimum atomic E-state index is -0.843. The number of carbonyl (C=O) groups is 2. The SMILES string of the molecule is CCC1C[C@H](C(=O)N(C)CCOC)[C@H](C(=O)O)C1. The second-order valence-corrected chi connectivity index (χ2v) is 5.05. The van der Waals surface area contributed by atoms with Gasteiger partial charge in [-0.25, -0.2) is 0 Å². The first-order valence-corrected chi connectivity index (χ1v) is 6.47. The van der Waals surface area contributed by atoms with E-state index in [2.05, 4.69) is 0 Å². The minimum absolute atomic E-state index is 0.0598. The Labute approximate surface area is 108 Å². The van der Waals surface area contributed by atoms with Crippen LogP contribution < -0.4 is 0 Å². The van der Waals surface area contributed by atoms with Gasteiger partial charge in [0.15, 0.2) is 0 Å². The molecule has 1 unspecified atom stereocenters. The quantitative estimate of drug-likeness (QED) is 0.777. The number of rotatable bonds is 6. The number of methoxy groups -OCH3 is 1. The molecule has 0 bridgehead atoms. The summed E-state index contributed by atoms with van der Waals surface area (Å²) in [6.07, 6.45) is 2.26. The summed E-state index contributed by atoms with van der Waals surface area (Å²) < 4.78 is 4.93. The van der Waals surface area contributed by atoms with Gasteiger partial charge in [-0.05, 0) is 18.8 Å². The van der Waals surface area contributed by atoms with Crippen molar-refractivity contribution >= 4 is 11.9 Å². The lowest BCUT2D eigenvalue weighted by Crippen LogP contribution is -2.38. The monoisotopic (exact) mass is 257 g/mol. The molecular weight excluding hydrogens is 234 g/mol. The molecule has 0 spiro atoms. The molecule has 1 rings (SSSR count). The van der Waals surface area contributed by atoms with Crippen molar-refractivity contribution in [3.05, 3.63) is 0 Å². The fourth-order valence-electron chi connectivity index (χ4n) is 2.64. The van der Waals surface area contributed by atoms with Gasteiger partial charge in [0, 0.05) is 20.7 Å². The number of nitrogens with zero attached hydrogens (tertiary/aromatic N) is 1.